The van der Waals surface area contributed by atoms with Gasteiger partial charge in [-0.3, -0.25) is 14.4 Å². The second-order valence-electron chi connectivity index (χ2n) is 4.89. The molecule has 1 aromatic heterocycles. The highest BCUT2D eigenvalue weighted by atomic mass is 16.4. The van der Waals surface area contributed by atoms with Crippen molar-refractivity contribution in [2.75, 3.05) is 33.2 Å². The topological polar surface area (TPSA) is 61.6 Å². The van der Waals surface area contributed by atoms with E-state index in [1.807, 2.05) is 18.9 Å². The van der Waals surface area contributed by atoms with Gasteiger partial charge in [0.25, 0.3) is 0 Å². The van der Waals surface area contributed by atoms with Crippen molar-refractivity contribution in [1.29, 1.82) is 0 Å². The van der Waals surface area contributed by atoms with E-state index >= 15 is 0 Å². The number of carboxylic acid groups (broad SMARTS) is 1. The molecule has 2 rings (SSSR count). The zero-order chi connectivity index (χ0) is 13.3. The van der Waals surface area contributed by atoms with Crippen LogP contribution in [0.25, 0.3) is 0 Å². The number of likely N-dealkylation sites (N-methyl/N-ethyl adjacent to an activating group) is 1. The number of aromatic nitrogens is 2. The summed E-state index contributed by atoms with van der Waals surface area (Å²) in [6.45, 7) is 5.28. The van der Waals surface area contributed by atoms with Gasteiger partial charge in [0.15, 0.2) is 0 Å². The first kappa shape index (κ1) is 13.0. The molecule has 0 aromatic carbocycles. The Balaban J connectivity index is 2.24. The predicted molar refractivity (Wildman–Crippen MR) is 67.4 cm³/mol. The number of nitrogens with zero attached hydrogens (tertiary/aromatic N) is 4. The fourth-order valence-corrected chi connectivity index (χ4v) is 2.35. The Labute approximate surface area is 107 Å². The van der Waals surface area contributed by atoms with E-state index in [4.69, 9.17) is 0 Å². The van der Waals surface area contributed by atoms with Crippen molar-refractivity contribution >= 4 is 5.97 Å². The maximum absolute atomic E-state index is 11.5. The fourth-order valence-electron chi connectivity index (χ4n) is 2.35. The first-order chi connectivity index (χ1) is 8.50. The van der Waals surface area contributed by atoms with Crippen molar-refractivity contribution < 1.29 is 9.90 Å². The van der Waals surface area contributed by atoms with Gasteiger partial charge < -0.3 is 10.0 Å². The third-order valence-corrected chi connectivity index (χ3v) is 3.70. The van der Waals surface area contributed by atoms with Crippen LogP contribution in [0.4, 0.5) is 0 Å². The summed E-state index contributed by atoms with van der Waals surface area (Å²) < 4.78 is 1.72. The maximum atomic E-state index is 11.5. The average Bonchev–Trinajstić information content (AvgIpc) is 2.64. The molecule has 1 fully saturated rings. The van der Waals surface area contributed by atoms with Gasteiger partial charge in [-0.15, -0.1) is 0 Å². The van der Waals surface area contributed by atoms with Crippen LogP contribution in [-0.2, 0) is 11.8 Å². The van der Waals surface area contributed by atoms with Gasteiger partial charge in [-0.05, 0) is 14.0 Å². The second-order valence-corrected chi connectivity index (χ2v) is 4.89. The number of hydrogen-bond donors (Lipinski definition) is 1. The molecule has 1 unspecified atom stereocenters. The van der Waals surface area contributed by atoms with E-state index in [0.717, 1.165) is 37.4 Å². The molecule has 0 saturated carbocycles. The van der Waals surface area contributed by atoms with E-state index < -0.39 is 12.0 Å². The molecule has 100 valence electrons. The summed E-state index contributed by atoms with van der Waals surface area (Å²) in [5.74, 6) is -0.796. The summed E-state index contributed by atoms with van der Waals surface area (Å²) in [6, 6.07) is -0.576. The third kappa shape index (κ3) is 2.39. The first-order valence-corrected chi connectivity index (χ1v) is 6.14. The first-order valence-electron chi connectivity index (χ1n) is 6.14. The Morgan fingerprint density at radius 1 is 1.33 bits per heavy atom. The van der Waals surface area contributed by atoms with E-state index in [-0.39, 0.29) is 0 Å². The van der Waals surface area contributed by atoms with E-state index in [9.17, 15) is 9.90 Å². The van der Waals surface area contributed by atoms with Crippen LogP contribution in [0, 0.1) is 6.92 Å². The van der Waals surface area contributed by atoms with Gasteiger partial charge in [0, 0.05) is 44.5 Å². The molecule has 1 aliphatic rings. The maximum Gasteiger partial charge on any atom is 0.325 e. The summed E-state index contributed by atoms with van der Waals surface area (Å²) in [5, 5.41) is 13.6. The Hall–Kier alpha value is -1.40. The van der Waals surface area contributed by atoms with Crippen molar-refractivity contribution in [2.45, 2.75) is 13.0 Å². The summed E-state index contributed by atoms with van der Waals surface area (Å²) in [4.78, 5) is 15.8. The lowest BCUT2D eigenvalue weighted by atomic mass is 10.1. The van der Waals surface area contributed by atoms with Crippen LogP contribution in [0.2, 0.25) is 0 Å². The normalized spacial score (nSPS) is 19.9. The number of rotatable bonds is 3. The fraction of sp³-hybridized carbons (Fsp3) is 0.667. The molecule has 0 bridgehead atoms. The highest BCUT2D eigenvalue weighted by Crippen LogP contribution is 2.24. The Morgan fingerprint density at radius 3 is 2.39 bits per heavy atom. The van der Waals surface area contributed by atoms with E-state index in [2.05, 4.69) is 17.0 Å². The number of carboxylic acids is 1. The van der Waals surface area contributed by atoms with Crippen molar-refractivity contribution in [3.05, 3.63) is 17.5 Å². The quantitative estimate of drug-likeness (QED) is 0.827. The van der Waals surface area contributed by atoms with Gasteiger partial charge in [-0.2, -0.15) is 5.10 Å². The zero-order valence-electron chi connectivity index (χ0n) is 11.1. The molecule has 18 heavy (non-hydrogen) atoms. The molecule has 0 spiro atoms. The van der Waals surface area contributed by atoms with Crippen LogP contribution in [0.1, 0.15) is 17.3 Å². The summed E-state index contributed by atoms with van der Waals surface area (Å²) in [6.07, 6.45) is 1.67. The number of piperazine rings is 1. The van der Waals surface area contributed by atoms with Gasteiger partial charge in [0.2, 0.25) is 0 Å². The van der Waals surface area contributed by atoms with Crippen molar-refractivity contribution in [2.24, 2.45) is 7.05 Å². The lowest BCUT2D eigenvalue weighted by Gasteiger charge is -2.35. The number of carbonyl (C=O) groups is 1. The van der Waals surface area contributed by atoms with Crippen molar-refractivity contribution in [3.8, 4) is 0 Å². The third-order valence-electron chi connectivity index (χ3n) is 3.70. The second kappa shape index (κ2) is 5.07. The van der Waals surface area contributed by atoms with Crippen LogP contribution in [0.15, 0.2) is 6.20 Å². The Kier molecular flexibility index (Phi) is 3.68. The lowest BCUT2D eigenvalue weighted by molar-refractivity contribution is -0.144. The number of aryl methyl sites for hydroxylation is 1. The molecule has 0 amide bonds. The largest absolute Gasteiger partial charge is 0.480 e. The molecular formula is C12H20N4O2. The molecule has 1 N–H and O–H groups in total. The smallest absolute Gasteiger partial charge is 0.325 e. The standard InChI is InChI=1S/C12H20N4O2/c1-9-10(8-13-15(9)3)11(12(17)18)16-6-4-14(2)5-7-16/h8,11H,4-7H2,1-3H3,(H,17,18). The molecule has 2 heterocycles. The van der Waals surface area contributed by atoms with Gasteiger partial charge >= 0.3 is 5.97 Å². The molecule has 0 aliphatic carbocycles. The lowest BCUT2D eigenvalue weighted by Crippen LogP contribution is -2.47. The summed E-state index contributed by atoms with van der Waals surface area (Å²) >= 11 is 0. The molecular weight excluding hydrogens is 232 g/mol. The van der Waals surface area contributed by atoms with Gasteiger partial charge in [-0.25, -0.2) is 0 Å². The highest BCUT2D eigenvalue weighted by molar-refractivity contribution is 5.75. The van der Waals surface area contributed by atoms with Crippen LogP contribution in [0.3, 0.4) is 0 Å². The van der Waals surface area contributed by atoms with Crippen molar-refractivity contribution in [1.82, 2.24) is 19.6 Å². The van der Waals surface area contributed by atoms with Crippen LogP contribution in [-0.4, -0.2) is 63.9 Å². The predicted octanol–water partition coefficient (Wildman–Crippen LogP) is 0.102. The minimum atomic E-state index is -0.796. The minimum Gasteiger partial charge on any atom is -0.480 e. The van der Waals surface area contributed by atoms with Crippen LogP contribution in [0.5, 0.6) is 0 Å². The highest BCUT2D eigenvalue weighted by Gasteiger charge is 2.31. The van der Waals surface area contributed by atoms with Gasteiger partial charge in [-0.1, -0.05) is 0 Å². The van der Waals surface area contributed by atoms with Gasteiger partial charge in [0.1, 0.15) is 6.04 Å². The Bertz CT molecular complexity index is 435. The summed E-state index contributed by atoms with van der Waals surface area (Å²) in [7, 11) is 3.89. The average molecular weight is 252 g/mol. The molecule has 1 aliphatic heterocycles. The number of hydrogen-bond acceptors (Lipinski definition) is 4. The molecule has 1 atom stereocenters. The molecule has 1 saturated heterocycles. The van der Waals surface area contributed by atoms with E-state index in [1.165, 1.54) is 0 Å². The number of aliphatic carboxylic acids is 1. The van der Waals surface area contributed by atoms with E-state index in [0.29, 0.717) is 0 Å². The van der Waals surface area contributed by atoms with Crippen molar-refractivity contribution in [3.63, 3.8) is 0 Å². The molecule has 6 nitrogen and oxygen atoms in total. The van der Waals surface area contributed by atoms with Crippen LogP contribution < -0.4 is 0 Å². The minimum absolute atomic E-state index is 0.576. The molecule has 6 heteroatoms. The Morgan fingerprint density at radius 2 is 1.94 bits per heavy atom. The summed E-state index contributed by atoms with van der Waals surface area (Å²) in [5.41, 5.74) is 1.72. The monoisotopic (exact) mass is 252 g/mol. The molecule has 0 radical (unpaired) electrons. The molecule has 1 aromatic rings. The zero-order valence-corrected chi connectivity index (χ0v) is 11.1. The van der Waals surface area contributed by atoms with Gasteiger partial charge in [0.05, 0.1) is 6.20 Å². The SMILES string of the molecule is Cc1c(C(C(=O)O)N2CCN(C)CC2)cnn1C. The van der Waals surface area contributed by atoms with Crippen LogP contribution >= 0.6 is 0 Å². The van der Waals surface area contributed by atoms with E-state index in [1.54, 1.807) is 10.9 Å².